The molecule has 0 unspecified atom stereocenters. The minimum absolute atomic E-state index is 0.168. The Kier molecular flexibility index (Phi) is 33.3. The number of unbranched alkanes of at least 4 members (excludes halogenated alkanes) is 6. The van der Waals surface area contributed by atoms with Crippen LogP contribution < -0.4 is 21.3 Å². The monoisotopic (exact) mass is 1880 g/mol. The van der Waals surface area contributed by atoms with E-state index in [0.717, 1.165) is 165 Å². The molecule has 7 N–H and O–H groups in total. The number of H-pyrrole nitrogens is 2. The van der Waals surface area contributed by atoms with Crippen molar-refractivity contribution in [1.82, 2.24) is 60.8 Å². The molecular formula is C116H138N12O11. The predicted octanol–water partition coefficient (Wildman–Crippen LogP) is 19.2. The Hall–Kier alpha value is -12.9. The van der Waals surface area contributed by atoms with Crippen molar-refractivity contribution in [2.24, 2.45) is 23.7 Å². The average Bonchev–Trinajstić information content (AvgIpc) is 1.61. The molecule has 23 nitrogen and oxygen atoms in total. The smallest absolute Gasteiger partial charge is 0.338 e. The van der Waals surface area contributed by atoms with Gasteiger partial charge < -0.3 is 60.7 Å². The molecular weight excluding hydrogens is 1740 g/mol. The number of esters is 1. The zero-order valence-corrected chi connectivity index (χ0v) is 81.9. The van der Waals surface area contributed by atoms with Gasteiger partial charge in [-0.05, 0) is 226 Å². The second-order valence-electron chi connectivity index (χ2n) is 39.8. The number of fused-ring (bicyclic) bond motifs is 16. The van der Waals surface area contributed by atoms with Crippen LogP contribution in [0.3, 0.4) is 0 Å². The number of aliphatic hydroxyl groups excluding tert-OH is 1. The number of carbonyl (C=O) groups excluding carboxylic acids is 9. The molecule has 6 heterocycles. The second-order valence-corrected chi connectivity index (χ2v) is 39.8. The Morgan fingerprint density at radius 3 is 0.921 bits per heavy atom. The summed E-state index contributed by atoms with van der Waals surface area (Å²) in [7, 11) is 6.68. The Morgan fingerprint density at radius 2 is 0.619 bits per heavy atom. The maximum absolute atomic E-state index is 15.8. The van der Waals surface area contributed by atoms with Crippen LogP contribution in [-0.2, 0) is 75.2 Å². The molecule has 0 spiro atoms. The number of benzene rings is 6. The summed E-state index contributed by atoms with van der Waals surface area (Å²) < 4.78 is 6.31. The molecule has 4 aliphatic carbocycles. The van der Waals surface area contributed by atoms with Gasteiger partial charge in [-0.15, -0.1) is 0 Å². The molecule has 0 radical (unpaired) electrons. The Morgan fingerprint density at radius 1 is 0.338 bits per heavy atom. The first-order valence-corrected chi connectivity index (χ1v) is 51.3. The van der Waals surface area contributed by atoms with Gasteiger partial charge in [-0.25, -0.2) is 14.8 Å². The van der Waals surface area contributed by atoms with Crippen molar-refractivity contribution in [2.45, 2.75) is 262 Å². The van der Waals surface area contributed by atoms with Gasteiger partial charge in [0.1, 0.15) is 30.8 Å². The molecule has 7 aliphatic rings. The molecule has 9 aromatic rings. The first kappa shape index (κ1) is 99.1. The maximum Gasteiger partial charge on any atom is 0.338 e. The maximum atomic E-state index is 15.8. The number of nitrogens with one attached hydrogen (secondary N) is 6. The molecule has 1 saturated heterocycles. The van der Waals surface area contributed by atoms with E-state index in [1.54, 1.807) is 55.0 Å². The standard InChI is InChI=1S/C116H138N12O11/c1-8-11-16-27-74-42-48-79(49-43-74)104-92-58-60-94(117-92)105(80-50-44-75(45-51-80)28-17-12-9-2)96-62-64-98(119-96)107(99-65-63-97(120-99)106(95-61-59-93(104)118-95)81-52-46-76(47-53-81)29-18-13-10-3)82-54-56-83(57-55-82)116(138)139-73-103-115(137)128(7)91-41-24-35-85(69-91)109(131)122-100(66-77-30-19-14-20-31-77)112(134)125(4)88-38-25-36-86(70-88)110(132)123-102(72-129)114(136)127(6)90-40-23-34-84(68-90)108(130)121-101(67-78-32-21-15-22-33-78)113(135)126(5)89-39-26-37-87(71-89)111(133)124-103/h14-15,19-22,30-33,42-65,84-91,100-103,117,120,129H,8-13,16-18,23-29,34-41,66-73H2,1-7H3,(H,121,130)(H,122,131)(H,123,132)(H,124,133)/t84-,85+,86-,87-,88+,89+,90+,91+,100-,101-,102-,103-/m0/s1. The zero-order valence-electron chi connectivity index (χ0n) is 81.9. The Bertz CT molecular complexity index is 6000. The number of hydrogen-bond acceptors (Lipinski definition) is 13. The van der Waals surface area contributed by atoms with Crippen LogP contribution in [-0.4, -0.2) is 188 Å². The summed E-state index contributed by atoms with van der Waals surface area (Å²) >= 11 is 0. The number of ether oxygens (including phenoxy) is 1. The van der Waals surface area contributed by atoms with Crippen LogP contribution in [0.4, 0.5) is 0 Å². The van der Waals surface area contributed by atoms with Crippen LogP contribution in [0, 0.1) is 23.7 Å². The minimum Gasteiger partial charge on any atom is -0.459 e. The molecule has 8 amide bonds. The van der Waals surface area contributed by atoms with Crippen molar-refractivity contribution in [3.8, 4) is 44.5 Å². The fourth-order valence-electron chi connectivity index (χ4n) is 22.0. The van der Waals surface area contributed by atoms with Gasteiger partial charge in [-0.3, -0.25) is 38.4 Å². The van der Waals surface area contributed by atoms with Crippen molar-refractivity contribution < 1.29 is 53.0 Å². The summed E-state index contributed by atoms with van der Waals surface area (Å²) in [5.74, 6) is -6.65. The van der Waals surface area contributed by atoms with E-state index in [4.69, 9.17) is 14.7 Å². The highest BCUT2D eigenvalue weighted by Crippen LogP contribution is 2.42. The molecule has 16 bridgehead atoms. The normalized spacial score (nSPS) is 22.8. The number of aryl methyl sites for hydroxylation is 3. The van der Waals surface area contributed by atoms with E-state index < -0.39 is 115 Å². The highest BCUT2D eigenvalue weighted by Gasteiger charge is 2.43. The van der Waals surface area contributed by atoms with Crippen molar-refractivity contribution in [1.29, 1.82) is 0 Å². The van der Waals surface area contributed by atoms with E-state index in [1.165, 1.54) is 28.0 Å². The molecule has 728 valence electrons. The van der Waals surface area contributed by atoms with Gasteiger partial charge in [-0.2, -0.15) is 0 Å². The third kappa shape index (κ3) is 24.0. The van der Waals surface area contributed by atoms with Gasteiger partial charge >= 0.3 is 5.97 Å². The highest BCUT2D eigenvalue weighted by molar-refractivity contribution is 6.02. The number of nitrogens with zero attached hydrogens (tertiary/aromatic N) is 6. The SMILES string of the molecule is CCCCCc1ccc(-c2c3nc(c(-c4ccc(CCCCC)cc4)c4ccc([nH]4)c(-c4ccc(C(=O)OC[C@@H]5NC(=O)[C@H]6CCC[C@H](C6)N(C)C(=O)[C@H](Cc6ccccc6)NC(=O)[C@H]6CCC[C@H](C6)N(C)C(=O)[C@H](CO)NC(=O)[C@H]6CCC[C@H](C6)N(C)C(=O)[C@H](Cc6ccccc6)NC(=O)[C@@H]6CCC[C@H](C6)N(C)C5=O)cc4)c4nc(c(-c5ccc(CCCCC)cc5)c5ccc2[nH]5)C=C4)C=C3)cc1. The molecule has 3 aliphatic heterocycles. The number of aromatic nitrogens is 4. The number of likely N-dealkylation sites (N-methyl/N-ethyl adjacent to an activating group) is 4. The van der Waals surface area contributed by atoms with Crippen LogP contribution in [0.5, 0.6) is 0 Å². The van der Waals surface area contributed by atoms with Gasteiger partial charge in [0.2, 0.25) is 47.3 Å². The summed E-state index contributed by atoms with van der Waals surface area (Å²) in [5, 5.41) is 23.1. The van der Waals surface area contributed by atoms with E-state index in [9.17, 15) is 19.5 Å². The number of aliphatic hydroxyl groups is 1. The molecule has 23 heteroatoms. The average molecular weight is 1880 g/mol. The Labute approximate surface area is 818 Å². The third-order valence-corrected chi connectivity index (χ3v) is 30.3. The molecule has 139 heavy (non-hydrogen) atoms. The third-order valence-electron chi connectivity index (χ3n) is 30.3. The lowest BCUT2D eigenvalue weighted by atomic mass is 9.83. The molecule has 12 atom stereocenters. The first-order chi connectivity index (χ1) is 67.6. The second kappa shape index (κ2) is 46.7. The van der Waals surface area contributed by atoms with Gasteiger partial charge in [0.25, 0.3) is 0 Å². The van der Waals surface area contributed by atoms with E-state index in [2.05, 4.69) is 173 Å². The van der Waals surface area contributed by atoms with Crippen LogP contribution in [0.15, 0.2) is 182 Å². The van der Waals surface area contributed by atoms with Crippen LogP contribution in [0.25, 0.3) is 90.9 Å². The van der Waals surface area contributed by atoms with Crippen molar-refractivity contribution in [3.05, 3.63) is 238 Å². The van der Waals surface area contributed by atoms with Crippen molar-refractivity contribution >= 4 is 99.6 Å². The number of aromatic amines is 2. The van der Waals surface area contributed by atoms with Crippen LogP contribution in [0.1, 0.15) is 242 Å². The van der Waals surface area contributed by atoms with Gasteiger partial charge in [0.15, 0.2) is 0 Å². The lowest BCUT2D eigenvalue weighted by Crippen LogP contribution is -2.57. The number of hydrogen-bond donors (Lipinski definition) is 7. The molecule has 6 aromatic carbocycles. The molecule has 4 saturated carbocycles. The molecule has 3 aromatic heterocycles. The largest absolute Gasteiger partial charge is 0.459 e. The van der Waals surface area contributed by atoms with Gasteiger partial charge in [0, 0.05) is 133 Å². The summed E-state index contributed by atoms with van der Waals surface area (Å²) in [6.45, 7) is 5.45. The first-order valence-electron chi connectivity index (χ1n) is 51.3. The van der Waals surface area contributed by atoms with Crippen LogP contribution >= 0.6 is 0 Å². The minimum atomic E-state index is -1.42. The Balaban J connectivity index is 0.734. The number of rotatable bonds is 24. The lowest BCUT2D eigenvalue weighted by molar-refractivity contribution is -0.143. The van der Waals surface area contributed by atoms with E-state index in [-0.39, 0.29) is 67.7 Å². The fraction of sp³-hybridized carbons (Fsp3) is 0.440. The number of carbonyl (C=O) groups is 9. The fourth-order valence-corrected chi connectivity index (χ4v) is 22.0. The summed E-state index contributed by atoms with van der Waals surface area (Å²) in [6, 6.07) is 54.7. The van der Waals surface area contributed by atoms with E-state index in [0.29, 0.717) is 82.7 Å². The van der Waals surface area contributed by atoms with Gasteiger partial charge in [-0.1, -0.05) is 231 Å². The zero-order chi connectivity index (χ0) is 97.2. The molecule has 5 fully saturated rings. The van der Waals surface area contributed by atoms with Crippen LogP contribution in [0.2, 0.25) is 0 Å². The summed E-state index contributed by atoms with van der Waals surface area (Å²) in [6.07, 6.45) is 29.2. The summed E-state index contributed by atoms with van der Waals surface area (Å²) in [4.78, 5) is 161. The quantitative estimate of drug-likeness (QED) is 0.0219. The molecule has 16 rings (SSSR count). The van der Waals surface area contributed by atoms with Gasteiger partial charge in [0.05, 0.1) is 34.9 Å². The highest BCUT2D eigenvalue weighted by atomic mass is 16.5. The van der Waals surface area contributed by atoms with E-state index >= 15 is 28.8 Å². The predicted molar refractivity (Wildman–Crippen MR) is 550 cm³/mol. The topological polar surface area (TPSA) is 302 Å². The lowest BCUT2D eigenvalue weighted by Gasteiger charge is -2.39. The van der Waals surface area contributed by atoms with Crippen molar-refractivity contribution in [3.63, 3.8) is 0 Å². The van der Waals surface area contributed by atoms with Crippen molar-refractivity contribution in [2.75, 3.05) is 41.4 Å². The van der Waals surface area contributed by atoms with E-state index in [1.807, 2.05) is 72.8 Å². The number of amides is 8. The summed E-state index contributed by atoms with van der Waals surface area (Å²) in [5.41, 5.74) is 19.4.